The first kappa shape index (κ1) is 19.0. The Bertz CT molecular complexity index is 1080. The van der Waals surface area contributed by atoms with Crippen LogP contribution in [-0.2, 0) is 6.18 Å². The number of H-pyrrole nitrogens is 1. The molecule has 136 valence electrons. The van der Waals surface area contributed by atoms with Crippen LogP contribution in [0.25, 0.3) is 17.3 Å². The van der Waals surface area contributed by atoms with Gasteiger partial charge in [0.05, 0.1) is 15.6 Å². The second kappa shape index (κ2) is 6.74. The molecule has 27 heavy (non-hydrogen) atoms. The number of imidazole rings is 1. The van der Waals surface area contributed by atoms with Gasteiger partial charge in [-0.2, -0.15) is 33.4 Å². The maximum atomic E-state index is 12.9. The molecule has 0 atom stereocenters. The molecule has 0 saturated heterocycles. The maximum Gasteiger partial charge on any atom is 0.416 e. The lowest BCUT2D eigenvalue weighted by atomic mass is 10.2. The SMILES string of the molecule is N#Cc1nc(-c2nc(Cl)n(-c3c(Cl)cc(C(F)(F)F)cc3Cl)n2)[nH]c1C#N. The van der Waals surface area contributed by atoms with Crippen molar-refractivity contribution >= 4 is 34.8 Å². The highest BCUT2D eigenvalue weighted by Crippen LogP contribution is 2.38. The van der Waals surface area contributed by atoms with Crippen LogP contribution in [0.2, 0.25) is 15.3 Å². The Kier molecular flexibility index (Phi) is 4.74. The molecule has 3 aromatic rings. The van der Waals surface area contributed by atoms with Crippen LogP contribution in [0.15, 0.2) is 12.1 Å². The average molecular weight is 433 g/mol. The first-order chi connectivity index (χ1) is 12.7. The molecule has 0 aliphatic heterocycles. The summed E-state index contributed by atoms with van der Waals surface area (Å²) in [5.74, 6) is -0.159. The van der Waals surface area contributed by atoms with Gasteiger partial charge in [-0.1, -0.05) is 23.2 Å². The zero-order valence-electron chi connectivity index (χ0n) is 12.6. The zero-order chi connectivity index (χ0) is 19.9. The fourth-order valence-electron chi connectivity index (χ4n) is 2.11. The Morgan fingerprint density at radius 2 is 1.67 bits per heavy atom. The molecule has 1 aromatic carbocycles. The molecule has 0 fully saturated rings. The number of nitrogens with one attached hydrogen (secondary N) is 1. The minimum absolute atomic E-state index is 0.0390. The van der Waals surface area contributed by atoms with Crippen LogP contribution in [0.1, 0.15) is 17.0 Å². The quantitative estimate of drug-likeness (QED) is 0.647. The highest BCUT2D eigenvalue weighted by molar-refractivity contribution is 6.38. The molecule has 7 nitrogen and oxygen atoms in total. The van der Waals surface area contributed by atoms with Crippen molar-refractivity contribution in [2.75, 3.05) is 0 Å². The van der Waals surface area contributed by atoms with Crippen LogP contribution >= 0.6 is 34.8 Å². The molecule has 0 amide bonds. The number of nitriles is 2. The molecule has 2 heterocycles. The van der Waals surface area contributed by atoms with E-state index in [-0.39, 0.29) is 44.1 Å². The number of benzene rings is 1. The fourth-order valence-corrected chi connectivity index (χ4v) is 2.96. The molecule has 3 rings (SSSR count). The number of halogens is 6. The van der Waals surface area contributed by atoms with E-state index in [4.69, 9.17) is 45.3 Å². The summed E-state index contributed by atoms with van der Waals surface area (Å²) in [6.45, 7) is 0. The minimum Gasteiger partial charge on any atom is -0.326 e. The van der Waals surface area contributed by atoms with Gasteiger partial charge in [-0.05, 0) is 23.7 Å². The summed E-state index contributed by atoms with van der Waals surface area (Å²) in [5, 5.41) is 20.9. The van der Waals surface area contributed by atoms with Gasteiger partial charge in [-0.3, -0.25) is 0 Å². The van der Waals surface area contributed by atoms with E-state index >= 15 is 0 Å². The zero-order valence-corrected chi connectivity index (χ0v) is 14.9. The average Bonchev–Trinajstić information content (AvgIpc) is 3.17. The van der Waals surface area contributed by atoms with Crippen molar-refractivity contribution in [1.29, 1.82) is 10.5 Å². The number of alkyl halides is 3. The van der Waals surface area contributed by atoms with Gasteiger partial charge in [0, 0.05) is 0 Å². The van der Waals surface area contributed by atoms with E-state index in [0.29, 0.717) is 12.1 Å². The van der Waals surface area contributed by atoms with E-state index in [1.807, 2.05) is 0 Å². The minimum atomic E-state index is -4.64. The molecule has 0 saturated carbocycles. The second-order valence-corrected chi connectivity index (χ2v) is 6.09. The second-order valence-electron chi connectivity index (χ2n) is 4.94. The van der Waals surface area contributed by atoms with Crippen molar-refractivity contribution in [1.82, 2.24) is 24.7 Å². The lowest BCUT2D eigenvalue weighted by Gasteiger charge is -2.12. The summed E-state index contributed by atoms with van der Waals surface area (Å²) in [6, 6.07) is 4.81. The molecular weight excluding hydrogens is 430 g/mol. The van der Waals surface area contributed by atoms with Gasteiger partial charge >= 0.3 is 6.18 Å². The summed E-state index contributed by atoms with van der Waals surface area (Å²) in [6.07, 6.45) is -4.64. The molecule has 1 N–H and O–H groups in total. The third-order valence-electron chi connectivity index (χ3n) is 3.26. The number of rotatable bonds is 2. The largest absolute Gasteiger partial charge is 0.416 e. The topological polar surface area (TPSA) is 107 Å². The number of aromatic amines is 1. The van der Waals surface area contributed by atoms with Gasteiger partial charge in [0.1, 0.15) is 17.8 Å². The van der Waals surface area contributed by atoms with Crippen molar-refractivity contribution < 1.29 is 13.2 Å². The van der Waals surface area contributed by atoms with E-state index in [1.165, 1.54) is 0 Å². The normalized spacial score (nSPS) is 11.3. The van der Waals surface area contributed by atoms with Gasteiger partial charge in [-0.15, -0.1) is 5.10 Å². The van der Waals surface area contributed by atoms with Gasteiger partial charge in [0.15, 0.2) is 17.2 Å². The Morgan fingerprint density at radius 1 is 1.04 bits per heavy atom. The molecule has 0 aliphatic rings. The Labute approximate surface area is 163 Å². The maximum absolute atomic E-state index is 12.9. The van der Waals surface area contributed by atoms with Gasteiger partial charge < -0.3 is 4.98 Å². The van der Waals surface area contributed by atoms with Crippen LogP contribution < -0.4 is 0 Å². The monoisotopic (exact) mass is 431 g/mol. The van der Waals surface area contributed by atoms with Crippen LogP contribution in [-0.4, -0.2) is 24.7 Å². The standard InChI is InChI=1S/C14H3Cl3F3N7/c15-6-1-5(14(18,19)20)2-7(16)10(6)27-13(17)25-12(26-27)11-23-8(3-21)9(4-22)24-11/h1-2H,(H,23,24). The summed E-state index contributed by atoms with van der Waals surface area (Å²) in [5.41, 5.74) is -1.44. The lowest BCUT2D eigenvalue weighted by Crippen LogP contribution is -2.07. The van der Waals surface area contributed by atoms with Gasteiger partial charge in [-0.25, -0.2) is 4.98 Å². The van der Waals surface area contributed by atoms with E-state index in [1.54, 1.807) is 12.1 Å². The molecule has 0 bridgehead atoms. The molecule has 13 heteroatoms. The first-order valence-corrected chi connectivity index (χ1v) is 7.88. The number of hydrogen-bond acceptors (Lipinski definition) is 5. The molecule has 0 spiro atoms. The smallest absolute Gasteiger partial charge is 0.326 e. The van der Waals surface area contributed by atoms with Crippen LogP contribution in [0.5, 0.6) is 0 Å². The fraction of sp³-hybridized carbons (Fsp3) is 0.0714. The molecule has 2 aromatic heterocycles. The summed E-state index contributed by atoms with van der Waals surface area (Å²) in [4.78, 5) is 10.3. The number of nitrogens with zero attached hydrogens (tertiary/aromatic N) is 6. The highest BCUT2D eigenvalue weighted by Gasteiger charge is 2.32. The molecule has 0 unspecified atom stereocenters. The predicted octanol–water partition coefficient (Wildman–Crippen LogP) is 4.38. The molecular formula is C14H3Cl3F3N7. The van der Waals surface area contributed by atoms with Crippen molar-refractivity contribution in [3.05, 3.63) is 44.4 Å². The van der Waals surface area contributed by atoms with Crippen LogP contribution in [0, 0.1) is 22.7 Å². The van der Waals surface area contributed by atoms with Crippen molar-refractivity contribution in [3.63, 3.8) is 0 Å². The Morgan fingerprint density at radius 3 is 2.15 bits per heavy atom. The van der Waals surface area contributed by atoms with Crippen molar-refractivity contribution in [3.8, 4) is 29.5 Å². The van der Waals surface area contributed by atoms with Crippen molar-refractivity contribution in [2.24, 2.45) is 0 Å². The van der Waals surface area contributed by atoms with Crippen LogP contribution in [0.3, 0.4) is 0 Å². The summed E-state index contributed by atoms with van der Waals surface area (Å²) in [7, 11) is 0. The molecule has 0 aliphatic carbocycles. The van der Waals surface area contributed by atoms with E-state index in [9.17, 15) is 13.2 Å². The Balaban J connectivity index is 2.12. The Hall–Kier alpha value is -2.79. The lowest BCUT2D eigenvalue weighted by molar-refractivity contribution is -0.137. The first-order valence-electron chi connectivity index (χ1n) is 6.75. The van der Waals surface area contributed by atoms with Crippen LogP contribution in [0.4, 0.5) is 13.2 Å². The number of hydrogen-bond donors (Lipinski definition) is 1. The third kappa shape index (κ3) is 3.43. The summed E-state index contributed by atoms with van der Waals surface area (Å²) >= 11 is 17.9. The van der Waals surface area contributed by atoms with Gasteiger partial charge in [0.25, 0.3) is 0 Å². The molecule has 0 radical (unpaired) electrons. The van der Waals surface area contributed by atoms with Gasteiger partial charge in [0.2, 0.25) is 11.1 Å². The number of aromatic nitrogens is 5. The van der Waals surface area contributed by atoms with Crippen molar-refractivity contribution in [2.45, 2.75) is 6.18 Å². The van der Waals surface area contributed by atoms with E-state index in [2.05, 4.69) is 20.1 Å². The predicted molar refractivity (Wildman–Crippen MR) is 88.4 cm³/mol. The highest BCUT2D eigenvalue weighted by atomic mass is 35.5. The third-order valence-corrected chi connectivity index (χ3v) is 4.08. The van der Waals surface area contributed by atoms with E-state index < -0.39 is 11.7 Å². The summed E-state index contributed by atoms with van der Waals surface area (Å²) < 4.78 is 39.5. The van der Waals surface area contributed by atoms with E-state index in [0.717, 1.165) is 4.68 Å².